The lowest BCUT2D eigenvalue weighted by molar-refractivity contribution is -0.0679. The van der Waals surface area contributed by atoms with E-state index in [0.717, 1.165) is 16.4 Å². The SMILES string of the molecule is COC1(CNC(=O)c2cccc(I)c2)CCC1. The highest BCUT2D eigenvalue weighted by Crippen LogP contribution is 2.34. The summed E-state index contributed by atoms with van der Waals surface area (Å²) in [5.74, 6) is -0.0214. The Balaban J connectivity index is 1.93. The Morgan fingerprint density at radius 2 is 2.29 bits per heavy atom. The Hall–Kier alpha value is -0.620. The van der Waals surface area contributed by atoms with Crippen LogP contribution in [0, 0.1) is 3.57 Å². The number of nitrogens with one attached hydrogen (secondary N) is 1. The molecule has 2 rings (SSSR count). The zero-order valence-electron chi connectivity index (χ0n) is 9.83. The lowest BCUT2D eigenvalue weighted by atomic mass is 9.80. The molecule has 1 aromatic carbocycles. The first-order valence-electron chi connectivity index (χ1n) is 5.74. The third kappa shape index (κ3) is 2.98. The molecular weight excluding hydrogens is 329 g/mol. The van der Waals surface area contributed by atoms with Crippen LogP contribution in [0.2, 0.25) is 0 Å². The molecule has 1 amide bonds. The second-order valence-electron chi connectivity index (χ2n) is 4.43. The predicted octanol–water partition coefficient (Wildman–Crippen LogP) is 2.59. The van der Waals surface area contributed by atoms with Crippen LogP contribution in [0.15, 0.2) is 24.3 Å². The highest BCUT2D eigenvalue weighted by molar-refractivity contribution is 14.1. The topological polar surface area (TPSA) is 38.3 Å². The summed E-state index contributed by atoms with van der Waals surface area (Å²) in [6, 6.07) is 7.58. The summed E-state index contributed by atoms with van der Waals surface area (Å²) in [5, 5.41) is 2.95. The lowest BCUT2D eigenvalue weighted by Crippen LogP contribution is -2.49. The van der Waals surface area contributed by atoms with Gasteiger partial charge < -0.3 is 10.1 Å². The molecule has 1 N–H and O–H groups in total. The molecule has 0 aliphatic heterocycles. The van der Waals surface area contributed by atoms with Gasteiger partial charge in [0.2, 0.25) is 0 Å². The highest BCUT2D eigenvalue weighted by atomic mass is 127. The van der Waals surface area contributed by atoms with Crippen LogP contribution in [-0.4, -0.2) is 25.2 Å². The number of halogens is 1. The molecule has 0 heterocycles. The number of amides is 1. The van der Waals surface area contributed by atoms with Gasteiger partial charge in [-0.2, -0.15) is 0 Å². The van der Waals surface area contributed by atoms with Crippen LogP contribution in [0.4, 0.5) is 0 Å². The van der Waals surface area contributed by atoms with Gasteiger partial charge in [0.1, 0.15) is 0 Å². The van der Waals surface area contributed by atoms with Gasteiger partial charge in [0.25, 0.3) is 5.91 Å². The Morgan fingerprint density at radius 3 is 2.82 bits per heavy atom. The van der Waals surface area contributed by atoms with Crippen molar-refractivity contribution in [3.63, 3.8) is 0 Å². The van der Waals surface area contributed by atoms with Crippen molar-refractivity contribution in [3.05, 3.63) is 33.4 Å². The minimum absolute atomic E-state index is 0.0214. The van der Waals surface area contributed by atoms with Crippen LogP contribution in [-0.2, 0) is 4.74 Å². The lowest BCUT2D eigenvalue weighted by Gasteiger charge is -2.40. The van der Waals surface area contributed by atoms with Gasteiger partial charge >= 0.3 is 0 Å². The normalized spacial score (nSPS) is 17.3. The van der Waals surface area contributed by atoms with E-state index in [0.29, 0.717) is 12.1 Å². The van der Waals surface area contributed by atoms with Crippen LogP contribution < -0.4 is 5.32 Å². The minimum atomic E-state index is -0.113. The molecule has 0 spiro atoms. The monoisotopic (exact) mass is 345 g/mol. The van der Waals surface area contributed by atoms with Gasteiger partial charge in [-0.25, -0.2) is 0 Å². The second kappa shape index (κ2) is 5.35. The first-order chi connectivity index (χ1) is 8.15. The van der Waals surface area contributed by atoms with Crippen molar-refractivity contribution in [1.82, 2.24) is 5.32 Å². The van der Waals surface area contributed by atoms with Crippen LogP contribution >= 0.6 is 22.6 Å². The molecule has 1 fully saturated rings. The van der Waals surface area contributed by atoms with E-state index in [-0.39, 0.29) is 11.5 Å². The van der Waals surface area contributed by atoms with E-state index in [4.69, 9.17) is 4.74 Å². The zero-order chi connectivity index (χ0) is 12.3. The molecule has 0 atom stereocenters. The maximum Gasteiger partial charge on any atom is 0.251 e. The molecule has 0 radical (unpaired) electrons. The van der Waals surface area contributed by atoms with Gasteiger partial charge in [-0.15, -0.1) is 0 Å². The van der Waals surface area contributed by atoms with Crippen molar-refractivity contribution in [2.75, 3.05) is 13.7 Å². The Morgan fingerprint density at radius 1 is 1.53 bits per heavy atom. The molecule has 1 aliphatic carbocycles. The van der Waals surface area contributed by atoms with Crippen LogP contribution in [0.25, 0.3) is 0 Å². The van der Waals surface area contributed by atoms with E-state index in [2.05, 4.69) is 27.9 Å². The first-order valence-corrected chi connectivity index (χ1v) is 6.82. The van der Waals surface area contributed by atoms with Gasteiger partial charge in [0.05, 0.1) is 5.60 Å². The molecule has 1 saturated carbocycles. The maximum absolute atomic E-state index is 11.9. The number of carbonyl (C=O) groups excluding carboxylic acids is 1. The summed E-state index contributed by atoms with van der Waals surface area (Å²) >= 11 is 2.20. The molecule has 92 valence electrons. The van der Waals surface area contributed by atoms with Gasteiger partial charge in [0.15, 0.2) is 0 Å². The van der Waals surface area contributed by atoms with Crippen molar-refractivity contribution in [3.8, 4) is 0 Å². The average Bonchev–Trinajstić information content (AvgIpc) is 2.28. The quantitative estimate of drug-likeness (QED) is 0.852. The van der Waals surface area contributed by atoms with Gasteiger partial charge in [-0.3, -0.25) is 4.79 Å². The largest absolute Gasteiger partial charge is 0.376 e. The van der Waals surface area contributed by atoms with E-state index in [1.807, 2.05) is 24.3 Å². The Kier molecular flexibility index (Phi) is 4.04. The van der Waals surface area contributed by atoms with E-state index in [1.54, 1.807) is 7.11 Å². The van der Waals surface area contributed by atoms with Crippen molar-refractivity contribution in [1.29, 1.82) is 0 Å². The molecule has 0 aromatic heterocycles. The number of carbonyl (C=O) groups is 1. The molecule has 1 aromatic rings. The number of hydrogen-bond donors (Lipinski definition) is 1. The minimum Gasteiger partial charge on any atom is -0.376 e. The summed E-state index contributed by atoms with van der Waals surface area (Å²) in [4.78, 5) is 11.9. The van der Waals surface area contributed by atoms with Crippen LogP contribution in [0.5, 0.6) is 0 Å². The fourth-order valence-electron chi connectivity index (χ4n) is 2.00. The van der Waals surface area contributed by atoms with Crippen LogP contribution in [0.1, 0.15) is 29.6 Å². The number of ether oxygens (including phenoxy) is 1. The average molecular weight is 345 g/mol. The molecule has 4 heteroatoms. The zero-order valence-corrected chi connectivity index (χ0v) is 12.0. The maximum atomic E-state index is 11.9. The number of methoxy groups -OCH3 is 1. The van der Waals surface area contributed by atoms with Crippen molar-refractivity contribution < 1.29 is 9.53 Å². The summed E-state index contributed by atoms with van der Waals surface area (Å²) in [7, 11) is 1.72. The van der Waals surface area contributed by atoms with Gasteiger partial charge in [-0.05, 0) is 60.1 Å². The number of rotatable bonds is 4. The Labute approximate surface area is 115 Å². The molecule has 1 aliphatic rings. The second-order valence-corrected chi connectivity index (χ2v) is 5.68. The fourth-order valence-corrected chi connectivity index (χ4v) is 2.54. The Bertz CT molecular complexity index is 410. The first kappa shape index (κ1) is 12.8. The van der Waals surface area contributed by atoms with E-state index >= 15 is 0 Å². The van der Waals surface area contributed by atoms with Crippen molar-refractivity contribution >= 4 is 28.5 Å². The third-order valence-corrected chi connectivity index (χ3v) is 4.03. The molecule has 0 unspecified atom stereocenters. The highest BCUT2D eigenvalue weighted by Gasteiger charge is 2.37. The van der Waals surface area contributed by atoms with Gasteiger partial charge in [-0.1, -0.05) is 6.07 Å². The predicted molar refractivity (Wildman–Crippen MR) is 75.1 cm³/mol. The number of hydrogen-bond acceptors (Lipinski definition) is 2. The van der Waals surface area contributed by atoms with Gasteiger partial charge in [0, 0.05) is 22.8 Å². The summed E-state index contributed by atoms with van der Waals surface area (Å²) in [5.41, 5.74) is 0.597. The van der Waals surface area contributed by atoms with E-state index in [1.165, 1.54) is 6.42 Å². The van der Waals surface area contributed by atoms with Crippen molar-refractivity contribution in [2.45, 2.75) is 24.9 Å². The fraction of sp³-hybridized carbons (Fsp3) is 0.462. The van der Waals surface area contributed by atoms with E-state index in [9.17, 15) is 4.79 Å². The summed E-state index contributed by atoms with van der Waals surface area (Å²) in [6.07, 6.45) is 3.26. The van der Waals surface area contributed by atoms with Crippen LogP contribution in [0.3, 0.4) is 0 Å². The number of benzene rings is 1. The van der Waals surface area contributed by atoms with E-state index < -0.39 is 0 Å². The standard InChI is InChI=1S/C13H16INO2/c1-17-13(6-3-7-13)9-15-12(16)10-4-2-5-11(14)8-10/h2,4-5,8H,3,6-7,9H2,1H3,(H,15,16). The molecular formula is C13H16INO2. The molecule has 17 heavy (non-hydrogen) atoms. The smallest absolute Gasteiger partial charge is 0.251 e. The molecule has 0 saturated heterocycles. The van der Waals surface area contributed by atoms with Crippen molar-refractivity contribution in [2.24, 2.45) is 0 Å². The molecule has 3 nitrogen and oxygen atoms in total. The summed E-state index contributed by atoms with van der Waals surface area (Å²) < 4.78 is 6.54. The third-order valence-electron chi connectivity index (χ3n) is 3.36. The summed E-state index contributed by atoms with van der Waals surface area (Å²) in [6.45, 7) is 0.605. The molecule has 0 bridgehead atoms.